The molecule has 1 aliphatic carbocycles. The van der Waals surface area contributed by atoms with E-state index in [0.717, 1.165) is 34.6 Å². The number of carbonyl (C=O) groups excluding carboxylic acids is 2. The smallest absolute Gasteiger partial charge is 0.255 e. The van der Waals surface area contributed by atoms with Gasteiger partial charge in [0.2, 0.25) is 0 Å². The van der Waals surface area contributed by atoms with E-state index >= 15 is 0 Å². The van der Waals surface area contributed by atoms with Gasteiger partial charge in [-0.25, -0.2) is 4.98 Å². The van der Waals surface area contributed by atoms with E-state index in [2.05, 4.69) is 22.5 Å². The van der Waals surface area contributed by atoms with Crippen LogP contribution in [-0.4, -0.2) is 16.7 Å². The van der Waals surface area contributed by atoms with Gasteiger partial charge in [-0.15, -0.1) is 0 Å². The van der Waals surface area contributed by atoms with Crippen LogP contribution in [0.5, 0.6) is 0 Å². The highest BCUT2D eigenvalue weighted by Gasteiger charge is 2.39. The third-order valence-corrected chi connectivity index (χ3v) is 5.54. The lowest BCUT2D eigenvalue weighted by molar-refractivity contribution is -0.117. The summed E-state index contributed by atoms with van der Waals surface area (Å²) in [7, 11) is 0. The summed E-state index contributed by atoms with van der Waals surface area (Å²) in [6.45, 7) is 5.88. The van der Waals surface area contributed by atoms with Crippen molar-refractivity contribution in [2.75, 3.05) is 5.32 Å². The Morgan fingerprint density at radius 2 is 1.83 bits per heavy atom. The standard InChI is InChI=1S/C24H25N3O2/c1-14-12-18-23(19(28)13-14)22(17-9-5-4-6-10-17)21(16(3)26-18)24(29)27-20-11-7-8-15(2)25-20/h4-11,14,22,26H,12-13H2,1-3H3,(H,25,27,29)/t14-,22+/m0/s1. The Bertz CT molecular complexity index is 1040. The summed E-state index contributed by atoms with van der Waals surface area (Å²) < 4.78 is 0. The van der Waals surface area contributed by atoms with Crippen molar-refractivity contribution in [1.29, 1.82) is 0 Å². The molecule has 0 fully saturated rings. The van der Waals surface area contributed by atoms with Gasteiger partial charge >= 0.3 is 0 Å². The van der Waals surface area contributed by atoms with Gasteiger partial charge in [0.25, 0.3) is 5.91 Å². The van der Waals surface area contributed by atoms with Crippen LogP contribution in [-0.2, 0) is 9.59 Å². The Balaban J connectivity index is 1.78. The molecule has 1 amide bonds. The predicted molar refractivity (Wildman–Crippen MR) is 113 cm³/mol. The quantitative estimate of drug-likeness (QED) is 0.826. The topological polar surface area (TPSA) is 71.1 Å². The van der Waals surface area contributed by atoms with Crippen molar-refractivity contribution < 1.29 is 9.59 Å². The molecule has 0 radical (unpaired) electrons. The Kier molecular flexibility index (Phi) is 5.05. The molecule has 4 rings (SSSR count). The van der Waals surface area contributed by atoms with Crippen LogP contribution in [0.3, 0.4) is 0 Å². The van der Waals surface area contributed by atoms with E-state index < -0.39 is 0 Å². The minimum absolute atomic E-state index is 0.117. The van der Waals surface area contributed by atoms with Gasteiger partial charge in [0.15, 0.2) is 5.78 Å². The van der Waals surface area contributed by atoms with Crippen molar-refractivity contribution in [3.05, 3.63) is 82.3 Å². The number of rotatable bonds is 3. The molecule has 2 atom stereocenters. The van der Waals surface area contributed by atoms with Crippen molar-refractivity contribution >= 4 is 17.5 Å². The van der Waals surface area contributed by atoms with Gasteiger partial charge < -0.3 is 10.6 Å². The molecule has 1 aromatic carbocycles. The number of Topliss-reactive ketones (excluding diaryl/α,β-unsaturated/α-hetero) is 1. The summed E-state index contributed by atoms with van der Waals surface area (Å²) in [5, 5.41) is 6.28. The molecule has 0 bridgehead atoms. The van der Waals surface area contributed by atoms with Crippen LogP contribution < -0.4 is 10.6 Å². The van der Waals surface area contributed by atoms with Crippen molar-refractivity contribution in [2.24, 2.45) is 5.92 Å². The number of anilines is 1. The lowest BCUT2D eigenvalue weighted by Gasteiger charge is -2.36. The maximum atomic E-state index is 13.3. The van der Waals surface area contributed by atoms with E-state index in [9.17, 15) is 9.59 Å². The second kappa shape index (κ2) is 7.66. The molecule has 0 saturated heterocycles. The normalized spacial score (nSPS) is 21.6. The van der Waals surface area contributed by atoms with E-state index in [1.807, 2.05) is 56.3 Å². The van der Waals surface area contributed by atoms with Gasteiger partial charge in [0.1, 0.15) is 5.82 Å². The molecule has 2 aliphatic rings. The maximum Gasteiger partial charge on any atom is 0.255 e. The van der Waals surface area contributed by atoms with Crippen LogP contribution in [0.15, 0.2) is 71.1 Å². The van der Waals surface area contributed by atoms with Crippen molar-refractivity contribution in [3.8, 4) is 0 Å². The van der Waals surface area contributed by atoms with Crippen LogP contribution in [0, 0.1) is 12.8 Å². The highest BCUT2D eigenvalue weighted by molar-refractivity contribution is 6.09. The highest BCUT2D eigenvalue weighted by Crippen LogP contribution is 2.43. The summed E-state index contributed by atoms with van der Waals surface area (Å²) >= 11 is 0. The van der Waals surface area contributed by atoms with Crippen LogP contribution in [0.25, 0.3) is 0 Å². The summed E-state index contributed by atoms with van der Waals surface area (Å²) in [5.41, 5.74) is 4.81. The number of pyridine rings is 1. The van der Waals surface area contributed by atoms with Crippen LogP contribution in [0.2, 0.25) is 0 Å². The van der Waals surface area contributed by atoms with Crippen molar-refractivity contribution in [3.63, 3.8) is 0 Å². The van der Waals surface area contributed by atoms with E-state index in [4.69, 9.17) is 0 Å². The first kappa shape index (κ1) is 19.1. The molecule has 1 aromatic heterocycles. The van der Waals surface area contributed by atoms with Gasteiger partial charge in [0, 0.05) is 40.6 Å². The SMILES string of the molecule is CC1=C(C(=O)Nc2cccc(C)n2)[C@@H](c2ccccc2)C2=C(C[C@H](C)CC2=O)N1. The van der Waals surface area contributed by atoms with Gasteiger partial charge in [-0.05, 0) is 43.9 Å². The number of dihydropyridines is 1. The monoisotopic (exact) mass is 387 g/mol. The molecule has 2 heterocycles. The number of aryl methyl sites for hydroxylation is 1. The fourth-order valence-corrected chi connectivity index (χ4v) is 4.31. The molecule has 5 nitrogen and oxygen atoms in total. The number of allylic oxidation sites excluding steroid dienone is 3. The predicted octanol–water partition coefficient (Wildman–Crippen LogP) is 4.24. The van der Waals surface area contributed by atoms with Gasteiger partial charge in [-0.1, -0.05) is 43.3 Å². The summed E-state index contributed by atoms with van der Waals surface area (Å²) in [6.07, 6.45) is 1.33. The maximum absolute atomic E-state index is 13.3. The van der Waals surface area contributed by atoms with E-state index in [1.54, 1.807) is 6.07 Å². The Morgan fingerprint density at radius 1 is 1.07 bits per heavy atom. The van der Waals surface area contributed by atoms with E-state index in [0.29, 0.717) is 23.7 Å². The fraction of sp³-hybridized carbons (Fsp3) is 0.292. The Labute approximate surface area is 170 Å². The minimum atomic E-state index is -0.378. The lowest BCUT2D eigenvalue weighted by Crippen LogP contribution is -2.37. The fourth-order valence-electron chi connectivity index (χ4n) is 4.31. The second-order valence-electron chi connectivity index (χ2n) is 7.95. The first-order valence-corrected chi connectivity index (χ1v) is 9.98. The summed E-state index contributed by atoms with van der Waals surface area (Å²) in [4.78, 5) is 30.8. The zero-order chi connectivity index (χ0) is 20.5. The number of hydrogen-bond acceptors (Lipinski definition) is 4. The molecule has 0 saturated carbocycles. The third kappa shape index (κ3) is 3.73. The van der Waals surface area contributed by atoms with Crippen LogP contribution >= 0.6 is 0 Å². The molecule has 2 aromatic rings. The van der Waals surface area contributed by atoms with Crippen molar-refractivity contribution in [2.45, 2.75) is 39.5 Å². The zero-order valence-corrected chi connectivity index (χ0v) is 17.0. The largest absolute Gasteiger partial charge is 0.362 e. The molecular formula is C24H25N3O2. The molecule has 29 heavy (non-hydrogen) atoms. The average Bonchev–Trinajstić information content (AvgIpc) is 2.67. The average molecular weight is 387 g/mol. The van der Waals surface area contributed by atoms with E-state index in [-0.39, 0.29) is 17.6 Å². The summed E-state index contributed by atoms with van der Waals surface area (Å²) in [5.74, 6) is 0.305. The molecular weight excluding hydrogens is 362 g/mol. The first-order valence-electron chi connectivity index (χ1n) is 9.98. The van der Waals surface area contributed by atoms with Crippen molar-refractivity contribution in [1.82, 2.24) is 10.3 Å². The molecule has 5 heteroatoms. The number of ketones is 1. The number of nitrogens with zero attached hydrogens (tertiary/aromatic N) is 1. The van der Waals surface area contributed by atoms with E-state index in [1.165, 1.54) is 0 Å². The molecule has 148 valence electrons. The van der Waals surface area contributed by atoms with Crippen LogP contribution in [0.4, 0.5) is 5.82 Å². The number of amides is 1. The van der Waals surface area contributed by atoms with Gasteiger partial charge in [0.05, 0.1) is 0 Å². The Hall–Kier alpha value is -3.21. The summed E-state index contributed by atoms with van der Waals surface area (Å²) in [6, 6.07) is 15.3. The number of nitrogens with one attached hydrogen (secondary N) is 2. The first-order chi connectivity index (χ1) is 13.9. The number of aromatic nitrogens is 1. The molecule has 0 unspecified atom stereocenters. The zero-order valence-electron chi connectivity index (χ0n) is 17.0. The third-order valence-electron chi connectivity index (χ3n) is 5.54. The minimum Gasteiger partial charge on any atom is -0.362 e. The number of carbonyl (C=O) groups is 2. The number of benzene rings is 1. The number of hydrogen-bond donors (Lipinski definition) is 2. The highest BCUT2D eigenvalue weighted by atomic mass is 16.2. The van der Waals surface area contributed by atoms with Gasteiger partial charge in [-0.3, -0.25) is 9.59 Å². The Morgan fingerprint density at radius 3 is 2.55 bits per heavy atom. The van der Waals surface area contributed by atoms with Gasteiger partial charge in [-0.2, -0.15) is 0 Å². The van der Waals surface area contributed by atoms with Crippen LogP contribution in [0.1, 0.15) is 43.9 Å². The molecule has 0 spiro atoms. The molecule has 1 aliphatic heterocycles. The molecule has 2 N–H and O–H groups in total. The second-order valence-corrected chi connectivity index (χ2v) is 7.95. The lowest BCUT2D eigenvalue weighted by atomic mass is 9.73.